The van der Waals surface area contributed by atoms with Crippen LogP contribution in [0.4, 0.5) is 0 Å². The number of carbonyl (C=O) groups is 2. The molecule has 0 aliphatic carbocycles. The summed E-state index contributed by atoms with van der Waals surface area (Å²) in [7, 11) is 5.46. The fraction of sp³-hybridized carbons (Fsp3) is 0.800. The van der Waals surface area contributed by atoms with Crippen LogP contribution in [0, 0.1) is 0 Å². The van der Waals surface area contributed by atoms with Gasteiger partial charge in [-0.25, -0.2) is 0 Å². The van der Waals surface area contributed by atoms with Gasteiger partial charge in [0, 0.05) is 14.2 Å². The Balaban J connectivity index is 4.37. The molecule has 0 aromatic rings. The molecule has 0 rings (SSSR count). The standard InChI is InChI=1S/C10H18O6/c1-13-7(5-9(11)15-3)8(14-2)6-10(12)16-4/h7-8H,5-6H2,1-4H3/t7-,8+. The second-order valence-corrected chi connectivity index (χ2v) is 3.11. The SMILES string of the molecule is COC(=O)C[C@H](OC)[C@@H](CC(=O)OC)OC. The first kappa shape index (κ1) is 14.9. The maximum absolute atomic E-state index is 11.1. The molecule has 0 radical (unpaired) electrons. The monoisotopic (exact) mass is 234 g/mol. The van der Waals surface area contributed by atoms with E-state index in [4.69, 9.17) is 9.47 Å². The highest BCUT2D eigenvalue weighted by molar-refractivity contribution is 5.71. The predicted octanol–water partition coefficient (Wildman–Crippen LogP) is 0.143. The van der Waals surface area contributed by atoms with Gasteiger partial charge in [0.1, 0.15) is 0 Å². The highest BCUT2D eigenvalue weighted by atomic mass is 16.5. The van der Waals surface area contributed by atoms with Gasteiger partial charge in [0.25, 0.3) is 0 Å². The van der Waals surface area contributed by atoms with Crippen LogP contribution in [0.3, 0.4) is 0 Å². The fourth-order valence-electron chi connectivity index (χ4n) is 1.23. The smallest absolute Gasteiger partial charge is 0.308 e. The lowest BCUT2D eigenvalue weighted by molar-refractivity contribution is -0.152. The van der Waals surface area contributed by atoms with Gasteiger partial charge in [0.05, 0.1) is 39.3 Å². The Morgan fingerprint density at radius 1 is 0.812 bits per heavy atom. The molecule has 6 nitrogen and oxygen atoms in total. The molecule has 0 saturated heterocycles. The lowest BCUT2D eigenvalue weighted by Crippen LogP contribution is -2.34. The number of rotatable bonds is 7. The Kier molecular flexibility index (Phi) is 7.49. The summed E-state index contributed by atoms with van der Waals surface area (Å²) in [6, 6.07) is 0. The van der Waals surface area contributed by atoms with Crippen molar-refractivity contribution >= 4 is 11.9 Å². The van der Waals surface area contributed by atoms with E-state index in [2.05, 4.69) is 9.47 Å². The van der Waals surface area contributed by atoms with Crippen molar-refractivity contribution in [1.82, 2.24) is 0 Å². The van der Waals surface area contributed by atoms with Gasteiger partial charge in [-0.15, -0.1) is 0 Å². The molecule has 0 fully saturated rings. The van der Waals surface area contributed by atoms with E-state index in [1.165, 1.54) is 28.4 Å². The summed E-state index contributed by atoms with van der Waals surface area (Å²) in [5.74, 6) is -0.836. The number of methoxy groups -OCH3 is 4. The fourth-order valence-corrected chi connectivity index (χ4v) is 1.23. The zero-order valence-corrected chi connectivity index (χ0v) is 10.0. The molecule has 0 saturated carbocycles. The average molecular weight is 234 g/mol. The Morgan fingerprint density at radius 2 is 1.12 bits per heavy atom. The van der Waals surface area contributed by atoms with Gasteiger partial charge in [-0.1, -0.05) is 0 Å². The maximum atomic E-state index is 11.1. The van der Waals surface area contributed by atoms with Crippen molar-refractivity contribution in [3.8, 4) is 0 Å². The molecule has 0 N–H and O–H groups in total. The van der Waals surface area contributed by atoms with Gasteiger partial charge in [-0.2, -0.15) is 0 Å². The van der Waals surface area contributed by atoms with E-state index in [-0.39, 0.29) is 12.8 Å². The topological polar surface area (TPSA) is 71.1 Å². The number of hydrogen-bond acceptors (Lipinski definition) is 6. The molecule has 0 spiro atoms. The Labute approximate surface area is 94.8 Å². The number of carbonyl (C=O) groups excluding carboxylic acids is 2. The van der Waals surface area contributed by atoms with E-state index in [9.17, 15) is 9.59 Å². The molecule has 0 aliphatic rings. The minimum absolute atomic E-state index is 0.0303. The first-order valence-electron chi connectivity index (χ1n) is 4.78. The molecule has 0 aliphatic heterocycles. The summed E-state index contributed by atoms with van der Waals surface area (Å²) in [5, 5.41) is 0. The molecular formula is C10H18O6. The van der Waals surface area contributed by atoms with E-state index in [0.29, 0.717) is 0 Å². The van der Waals surface area contributed by atoms with Crippen molar-refractivity contribution in [2.75, 3.05) is 28.4 Å². The highest BCUT2D eigenvalue weighted by Gasteiger charge is 2.26. The summed E-state index contributed by atoms with van der Waals surface area (Å²) in [5.41, 5.74) is 0. The number of hydrogen-bond donors (Lipinski definition) is 0. The summed E-state index contributed by atoms with van der Waals surface area (Å²) in [6.07, 6.45) is -1.00. The lowest BCUT2D eigenvalue weighted by Gasteiger charge is -2.22. The van der Waals surface area contributed by atoms with Crippen LogP contribution in [0.2, 0.25) is 0 Å². The van der Waals surface area contributed by atoms with Crippen LogP contribution in [0.15, 0.2) is 0 Å². The van der Waals surface area contributed by atoms with Crippen molar-refractivity contribution in [2.45, 2.75) is 25.0 Å². The zero-order valence-electron chi connectivity index (χ0n) is 10.0. The number of ether oxygens (including phenoxy) is 4. The van der Waals surface area contributed by atoms with Gasteiger partial charge in [-0.3, -0.25) is 9.59 Å². The molecular weight excluding hydrogens is 216 g/mol. The second-order valence-electron chi connectivity index (χ2n) is 3.11. The molecule has 16 heavy (non-hydrogen) atoms. The van der Waals surface area contributed by atoms with Crippen LogP contribution < -0.4 is 0 Å². The summed E-state index contributed by atoms with van der Waals surface area (Å²) in [4.78, 5) is 22.2. The van der Waals surface area contributed by atoms with Crippen LogP contribution in [-0.4, -0.2) is 52.6 Å². The largest absolute Gasteiger partial charge is 0.469 e. The Hall–Kier alpha value is -1.14. The average Bonchev–Trinajstić information content (AvgIpc) is 2.32. The molecule has 2 atom stereocenters. The van der Waals surface area contributed by atoms with Gasteiger partial charge in [0.15, 0.2) is 0 Å². The second kappa shape index (κ2) is 8.06. The van der Waals surface area contributed by atoms with Crippen molar-refractivity contribution in [1.29, 1.82) is 0 Å². The Bertz CT molecular complexity index is 203. The van der Waals surface area contributed by atoms with Crippen LogP contribution in [0.25, 0.3) is 0 Å². The summed E-state index contributed by atoms with van der Waals surface area (Å²) in [6.45, 7) is 0. The molecule has 0 aromatic carbocycles. The highest BCUT2D eigenvalue weighted by Crippen LogP contribution is 2.12. The molecule has 0 unspecified atom stereocenters. The van der Waals surface area contributed by atoms with Gasteiger partial charge >= 0.3 is 11.9 Å². The molecule has 0 bridgehead atoms. The van der Waals surface area contributed by atoms with E-state index in [1.54, 1.807) is 0 Å². The number of esters is 2. The van der Waals surface area contributed by atoms with E-state index >= 15 is 0 Å². The van der Waals surface area contributed by atoms with E-state index < -0.39 is 24.1 Å². The van der Waals surface area contributed by atoms with Gasteiger partial charge < -0.3 is 18.9 Å². The minimum Gasteiger partial charge on any atom is -0.469 e. The molecule has 94 valence electrons. The molecule has 0 heterocycles. The molecule has 0 aromatic heterocycles. The first-order valence-corrected chi connectivity index (χ1v) is 4.78. The van der Waals surface area contributed by atoms with Crippen LogP contribution in [-0.2, 0) is 28.5 Å². The van der Waals surface area contributed by atoms with Crippen LogP contribution in [0.1, 0.15) is 12.8 Å². The molecule has 0 amide bonds. The first-order chi connectivity index (χ1) is 7.58. The lowest BCUT2D eigenvalue weighted by atomic mass is 10.1. The third-order valence-electron chi connectivity index (χ3n) is 2.21. The normalized spacial score (nSPS) is 14.0. The van der Waals surface area contributed by atoms with Crippen molar-refractivity contribution < 1.29 is 28.5 Å². The zero-order chi connectivity index (χ0) is 12.6. The van der Waals surface area contributed by atoms with Gasteiger partial charge in [-0.05, 0) is 0 Å². The maximum Gasteiger partial charge on any atom is 0.308 e. The molecule has 6 heteroatoms. The van der Waals surface area contributed by atoms with E-state index in [1.807, 2.05) is 0 Å². The van der Waals surface area contributed by atoms with Crippen LogP contribution >= 0.6 is 0 Å². The third-order valence-corrected chi connectivity index (χ3v) is 2.21. The summed E-state index contributed by atoms with van der Waals surface area (Å²) < 4.78 is 19.2. The van der Waals surface area contributed by atoms with Crippen molar-refractivity contribution in [3.05, 3.63) is 0 Å². The predicted molar refractivity (Wildman–Crippen MR) is 54.9 cm³/mol. The van der Waals surface area contributed by atoms with Crippen molar-refractivity contribution in [3.63, 3.8) is 0 Å². The Morgan fingerprint density at radius 3 is 1.31 bits per heavy atom. The summed E-state index contributed by atoms with van der Waals surface area (Å²) >= 11 is 0. The van der Waals surface area contributed by atoms with Crippen LogP contribution in [0.5, 0.6) is 0 Å². The third kappa shape index (κ3) is 5.09. The van der Waals surface area contributed by atoms with Crippen molar-refractivity contribution in [2.24, 2.45) is 0 Å². The van der Waals surface area contributed by atoms with Gasteiger partial charge in [0.2, 0.25) is 0 Å². The van der Waals surface area contributed by atoms with E-state index in [0.717, 1.165) is 0 Å². The minimum atomic E-state index is -0.531. The quantitative estimate of drug-likeness (QED) is 0.584.